The third-order valence-corrected chi connectivity index (χ3v) is 3.29. The quantitative estimate of drug-likeness (QED) is 0.848. The van der Waals surface area contributed by atoms with E-state index in [-0.39, 0.29) is 6.04 Å². The highest BCUT2D eigenvalue weighted by atomic mass is 35.5. The molecule has 0 aliphatic rings. The number of halogens is 1. The lowest BCUT2D eigenvalue weighted by atomic mass is 10.1. The van der Waals surface area contributed by atoms with Crippen molar-refractivity contribution >= 4 is 17.4 Å². The molecule has 2 aromatic rings. The van der Waals surface area contributed by atoms with Gasteiger partial charge in [-0.3, -0.25) is 0 Å². The lowest BCUT2D eigenvalue weighted by Gasteiger charge is -2.15. The van der Waals surface area contributed by atoms with Crippen molar-refractivity contribution in [1.82, 2.24) is 15.1 Å². The summed E-state index contributed by atoms with van der Waals surface area (Å²) in [7, 11) is 0. The largest absolute Gasteiger partial charge is 0.363 e. The van der Waals surface area contributed by atoms with Gasteiger partial charge in [0.2, 0.25) is 0 Å². The molecule has 0 aromatic carbocycles. The van der Waals surface area contributed by atoms with Crippen LogP contribution < -0.4 is 5.32 Å². The van der Waals surface area contributed by atoms with Gasteiger partial charge in [0, 0.05) is 18.1 Å². The van der Waals surface area contributed by atoms with Crippen LogP contribution in [0.1, 0.15) is 49.2 Å². The van der Waals surface area contributed by atoms with Crippen LogP contribution in [-0.4, -0.2) is 15.1 Å². The molecule has 20 heavy (non-hydrogen) atoms. The van der Waals surface area contributed by atoms with Gasteiger partial charge in [-0.15, -0.1) is 0 Å². The maximum Gasteiger partial charge on any atom is 0.139 e. The third kappa shape index (κ3) is 3.28. The van der Waals surface area contributed by atoms with Crippen molar-refractivity contribution in [3.8, 4) is 0 Å². The minimum Gasteiger partial charge on any atom is -0.363 e. The SMILES string of the molecule is CCCc1nc(Cl)cc(NC(C)c2c(C)noc2C)n1. The molecular weight excluding hydrogens is 276 g/mol. The highest BCUT2D eigenvalue weighted by Gasteiger charge is 2.17. The summed E-state index contributed by atoms with van der Waals surface area (Å²) in [6.45, 7) is 7.97. The van der Waals surface area contributed by atoms with Gasteiger partial charge in [-0.1, -0.05) is 23.7 Å². The number of hydrogen-bond acceptors (Lipinski definition) is 5. The van der Waals surface area contributed by atoms with Gasteiger partial charge in [0.1, 0.15) is 22.6 Å². The van der Waals surface area contributed by atoms with Crippen LogP contribution in [0.5, 0.6) is 0 Å². The summed E-state index contributed by atoms with van der Waals surface area (Å²) in [4.78, 5) is 8.69. The Labute approximate surface area is 123 Å². The fourth-order valence-electron chi connectivity index (χ4n) is 2.28. The minimum absolute atomic E-state index is 0.0432. The van der Waals surface area contributed by atoms with Crippen LogP contribution in [-0.2, 0) is 6.42 Å². The third-order valence-electron chi connectivity index (χ3n) is 3.10. The first-order valence-corrected chi connectivity index (χ1v) is 7.11. The first-order chi connectivity index (χ1) is 9.51. The molecule has 0 fully saturated rings. The fourth-order valence-corrected chi connectivity index (χ4v) is 2.48. The highest BCUT2D eigenvalue weighted by molar-refractivity contribution is 6.29. The van der Waals surface area contributed by atoms with Crippen molar-refractivity contribution in [2.45, 2.75) is 46.6 Å². The predicted molar refractivity (Wildman–Crippen MR) is 79.1 cm³/mol. The summed E-state index contributed by atoms with van der Waals surface area (Å²) in [6, 6.07) is 1.77. The van der Waals surface area contributed by atoms with Crippen molar-refractivity contribution in [1.29, 1.82) is 0 Å². The number of nitrogens with zero attached hydrogens (tertiary/aromatic N) is 3. The summed E-state index contributed by atoms with van der Waals surface area (Å²) in [5.74, 6) is 2.30. The average molecular weight is 295 g/mol. The number of aromatic nitrogens is 3. The minimum atomic E-state index is 0.0432. The molecule has 1 atom stereocenters. The van der Waals surface area contributed by atoms with Crippen molar-refractivity contribution in [2.75, 3.05) is 5.32 Å². The van der Waals surface area contributed by atoms with Crippen molar-refractivity contribution in [2.24, 2.45) is 0 Å². The maximum absolute atomic E-state index is 6.03. The number of nitrogens with one attached hydrogen (secondary N) is 1. The van der Waals surface area contributed by atoms with Gasteiger partial charge in [0.25, 0.3) is 0 Å². The van der Waals surface area contributed by atoms with E-state index in [2.05, 4.69) is 27.4 Å². The normalized spacial score (nSPS) is 12.4. The van der Waals surface area contributed by atoms with Crippen molar-refractivity contribution in [3.05, 3.63) is 34.1 Å². The second-order valence-electron chi connectivity index (χ2n) is 4.85. The standard InChI is InChI=1S/C14H19ClN4O/c1-5-6-12-17-11(15)7-13(18-12)16-8(2)14-9(3)19-20-10(14)4/h7-8H,5-6H2,1-4H3,(H,16,17,18). The first kappa shape index (κ1) is 14.8. The Balaban J connectivity index is 2.21. The molecule has 0 radical (unpaired) electrons. The zero-order valence-corrected chi connectivity index (χ0v) is 13.0. The summed E-state index contributed by atoms with van der Waals surface area (Å²) in [6.07, 6.45) is 1.80. The second-order valence-corrected chi connectivity index (χ2v) is 5.23. The van der Waals surface area contributed by atoms with Crippen LogP contribution in [0.25, 0.3) is 0 Å². The number of aryl methyl sites for hydroxylation is 3. The Hall–Kier alpha value is -1.62. The topological polar surface area (TPSA) is 63.8 Å². The van der Waals surface area contributed by atoms with Crippen LogP contribution in [0.2, 0.25) is 5.15 Å². The Morgan fingerprint density at radius 1 is 1.35 bits per heavy atom. The molecule has 6 heteroatoms. The van der Waals surface area contributed by atoms with Gasteiger partial charge in [-0.25, -0.2) is 9.97 Å². The zero-order valence-electron chi connectivity index (χ0n) is 12.2. The van der Waals surface area contributed by atoms with E-state index in [1.54, 1.807) is 6.07 Å². The van der Waals surface area contributed by atoms with E-state index < -0.39 is 0 Å². The average Bonchev–Trinajstić information content (AvgIpc) is 2.68. The molecule has 0 aliphatic heterocycles. The molecule has 0 aliphatic carbocycles. The molecule has 2 rings (SSSR count). The van der Waals surface area contributed by atoms with Crippen LogP contribution in [0.4, 0.5) is 5.82 Å². The summed E-state index contributed by atoms with van der Waals surface area (Å²) in [5.41, 5.74) is 1.94. The molecule has 0 spiro atoms. The maximum atomic E-state index is 6.03. The Bertz CT molecular complexity index is 577. The summed E-state index contributed by atoms with van der Waals surface area (Å²) < 4.78 is 5.19. The molecule has 108 valence electrons. The molecule has 1 unspecified atom stereocenters. The zero-order chi connectivity index (χ0) is 14.7. The van der Waals surface area contributed by atoms with Gasteiger partial charge in [-0.2, -0.15) is 0 Å². The Morgan fingerprint density at radius 3 is 2.70 bits per heavy atom. The Kier molecular flexibility index (Phi) is 4.60. The molecule has 0 saturated heterocycles. The molecule has 0 saturated carbocycles. The molecule has 1 N–H and O–H groups in total. The molecule has 5 nitrogen and oxygen atoms in total. The van der Waals surface area contributed by atoms with Crippen LogP contribution in [0.15, 0.2) is 10.6 Å². The van der Waals surface area contributed by atoms with Crippen LogP contribution in [0, 0.1) is 13.8 Å². The molecule has 2 aromatic heterocycles. The number of anilines is 1. The van der Waals surface area contributed by atoms with E-state index in [1.165, 1.54) is 0 Å². The highest BCUT2D eigenvalue weighted by Crippen LogP contribution is 2.25. The summed E-state index contributed by atoms with van der Waals surface area (Å²) in [5, 5.41) is 7.76. The molecule has 0 amide bonds. The number of hydrogen-bond donors (Lipinski definition) is 1. The number of rotatable bonds is 5. The monoisotopic (exact) mass is 294 g/mol. The van der Waals surface area contributed by atoms with E-state index in [9.17, 15) is 0 Å². The van der Waals surface area contributed by atoms with E-state index in [0.717, 1.165) is 41.5 Å². The van der Waals surface area contributed by atoms with E-state index >= 15 is 0 Å². The fraction of sp³-hybridized carbons (Fsp3) is 0.500. The van der Waals surface area contributed by atoms with Crippen molar-refractivity contribution in [3.63, 3.8) is 0 Å². The first-order valence-electron chi connectivity index (χ1n) is 6.74. The lowest BCUT2D eigenvalue weighted by molar-refractivity contribution is 0.392. The predicted octanol–water partition coefficient (Wildman–Crippen LogP) is 3.86. The molecule has 0 bridgehead atoms. The van der Waals surface area contributed by atoms with Crippen LogP contribution >= 0.6 is 11.6 Å². The van der Waals surface area contributed by atoms with Gasteiger partial charge >= 0.3 is 0 Å². The molecular formula is C14H19ClN4O. The van der Waals surface area contributed by atoms with Crippen LogP contribution in [0.3, 0.4) is 0 Å². The van der Waals surface area contributed by atoms with Gasteiger partial charge in [0.05, 0.1) is 11.7 Å². The van der Waals surface area contributed by atoms with E-state index in [4.69, 9.17) is 16.1 Å². The lowest BCUT2D eigenvalue weighted by Crippen LogP contribution is -2.11. The van der Waals surface area contributed by atoms with Gasteiger partial charge < -0.3 is 9.84 Å². The summed E-state index contributed by atoms with van der Waals surface area (Å²) >= 11 is 6.03. The second kappa shape index (κ2) is 6.22. The Morgan fingerprint density at radius 2 is 2.10 bits per heavy atom. The van der Waals surface area contributed by atoms with E-state index in [0.29, 0.717) is 5.15 Å². The van der Waals surface area contributed by atoms with E-state index in [1.807, 2.05) is 20.8 Å². The smallest absolute Gasteiger partial charge is 0.139 e. The van der Waals surface area contributed by atoms with Gasteiger partial charge in [-0.05, 0) is 27.2 Å². The van der Waals surface area contributed by atoms with Gasteiger partial charge in [0.15, 0.2) is 0 Å². The van der Waals surface area contributed by atoms with Crippen molar-refractivity contribution < 1.29 is 4.52 Å². The molecule has 2 heterocycles.